The van der Waals surface area contributed by atoms with Crippen LogP contribution in [-0.4, -0.2) is 11.9 Å². The predicted molar refractivity (Wildman–Crippen MR) is 86.1 cm³/mol. The highest BCUT2D eigenvalue weighted by Gasteiger charge is 2.15. The summed E-state index contributed by atoms with van der Waals surface area (Å²) >= 11 is 6.46. The van der Waals surface area contributed by atoms with Gasteiger partial charge in [0.2, 0.25) is 0 Å². The molecule has 0 spiro atoms. The zero-order valence-electron chi connectivity index (χ0n) is 13.0. The molecule has 1 aromatic carbocycles. The second kappa shape index (κ2) is 7.91. The first-order valence-electron chi connectivity index (χ1n) is 7.41. The van der Waals surface area contributed by atoms with Gasteiger partial charge in [-0.3, -0.25) is 0 Å². The Balaban J connectivity index is 2.54. The van der Waals surface area contributed by atoms with Gasteiger partial charge in [-0.05, 0) is 43.4 Å². The fraction of sp³-hybridized carbons (Fsp3) is 0.647. The Labute approximate surface area is 123 Å². The Morgan fingerprint density at radius 1 is 1.05 bits per heavy atom. The molecule has 0 radical (unpaired) electrons. The van der Waals surface area contributed by atoms with Crippen LogP contribution >= 0.6 is 11.6 Å². The van der Waals surface area contributed by atoms with E-state index in [1.54, 1.807) is 0 Å². The molecule has 1 aromatic rings. The predicted octanol–water partition coefficient (Wildman–Crippen LogP) is 4.75. The Kier molecular flexibility index (Phi) is 6.88. The van der Waals surface area contributed by atoms with Gasteiger partial charge in [-0.25, -0.2) is 0 Å². The number of hydrogen-bond donors (Lipinski definition) is 1. The average molecular weight is 282 g/mol. The minimum absolute atomic E-state index is 0.237. The van der Waals surface area contributed by atoms with E-state index >= 15 is 0 Å². The molecule has 0 aliphatic heterocycles. The molecule has 1 atom stereocenters. The van der Waals surface area contributed by atoms with Crippen molar-refractivity contribution in [1.82, 2.24) is 5.32 Å². The van der Waals surface area contributed by atoms with E-state index in [0.717, 1.165) is 25.9 Å². The third kappa shape index (κ3) is 4.81. The molecule has 0 aliphatic rings. The van der Waals surface area contributed by atoms with E-state index in [1.165, 1.54) is 22.3 Å². The number of aryl methyl sites for hydroxylation is 3. The van der Waals surface area contributed by atoms with Gasteiger partial charge in [-0.1, -0.05) is 44.4 Å². The summed E-state index contributed by atoms with van der Waals surface area (Å²) in [6.07, 6.45) is 2.32. The fourth-order valence-corrected chi connectivity index (χ4v) is 3.26. The molecule has 0 aromatic heterocycles. The Bertz CT molecular complexity index is 373. The van der Waals surface area contributed by atoms with Crippen molar-refractivity contribution in [3.05, 3.63) is 34.4 Å². The van der Waals surface area contributed by atoms with E-state index in [-0.39, 0.29) is 5.38 Å². The second-order valence-electron chi connectivity index (χ2n) is 5.60. The molecule has 0 saturated heterocycles. The minimum Gasteiger partial charge on any atom is -0.311 e. The molecule has 108 valence electrons. The second-order valence-corrected chi connectivity index (χ2v) is 6.16. The van der Waals surface area contributed by atoms with Crippen molar-refractivity contribution >= 4 is 11.6 Å². The maximum atomic E-state index is 6.46. The molecule has 0 aliphatic carbocycles. The van der Waals surface area contributed by atoms with E-state index in [9.17, 15) is 0 Å². The Hall–Kier alpha value is -0.530. The van der Waals surface area contributed by atoms with Crippen LogP contribution in [0.5, 0.6) is 0 Å². The lowest BCUT2D eigenvalue weighted by molar-refractivity contribution is 0.446. The van der Waals surface area contributed by atoms with Crippen molar-refractivity contribution < 1.29 is 0 Å². The molecule has 0 heterocycles. The van der Waals surface area contributed by atoms with Gasteiger partial charge in [0.25, 0.3) is 0 Å². The SMILES string of the molecule is CCC(CC)C(Cl)CNCc1c(C)cc(C)cc1C. The van der Waals surface area contributed by atoms with Gasteiger partial charge in [-0.2, -0.15) is 0 Å². The van der Waals surface area contributed by atoms with Crippen LogP contribution in [0.2, 0.25) is 0 Å². The van der Waals surface area contributed by atoms with Gasteiger partial charge >= 0.3 is 0 Å². The van der Waals surface area contributed by atoms with E-state index in [1.807, 2.05) is 0 Å². The van der Waals surface area contributed by atoms with E-state index in [2.05, 4.69) is 52.1 Å². The number of nitrogens with one attached hydrogen (secondary N) is 1. The monoisotopic (exact) mass is 281 g/mol. The van der Waals surface area contributed by atoms with Gasteiger partial charge in [0.1, 0.15) is 0 Å². The Morgan fingerprint density at radius 2 is 1.58 bits per heavy atom. The molecule has 1 unspecified atom stereocenters. The largest absolute Gasteiger partial charge is 0.311 e. The first kappa shape index (κ1) is 16.5. The summed E-state index contributed by atoms with van der Waals surface area (Å²) < 4.78 is 0. The molecule has 0 bridgehead atoms. The third-order valence-corrected chi connectivity index (χ3v) is 4.55. The number of halogens is 1. The summed E-state index contributed by atoms with van der Waals surface area (Å²) in [6.45, 7) is 12.8. The first-order chi connectivity index (χ1) is 8.99. The van der Waals surface area contributed by atoms with Gasteiger partial charge in [0.05, 0.1) is 0 Å². The zero-order valence-corrected chi connectivity index (χ0v) is 13.8. The summed E-state index contributed by atoms with van der Waals surface area (Å²) in [5.41, 5.74) is 5.50. The number of alkyl halides is 1. The molecular weight excluding hydrogens is 254 g/mol. The standard InChI is InChI=1S/C17H28ClN/c1-6-15(7-2)17(18)11-19-10-16-13(4)8-12(3)9-14(16)5/h8-9,15,17,19H,6-7,10-11H2,1-5H3. The molecule has 1 N–H and O–H groups in total. The van der Waals surface area contributed by atoms with Crippen LogP contribution in [0.3, 0.4) is 0 Å². The molecule has 19 heavy (non-hydrogen) atoms. The fourth-order valence-electron chi connectivity index (χ4n) is 2.79. The molecule has 0 fully saturated rings. The van der Waals surface area contributed by atoms with Crippen LogP contribution in [0, 0.1) is 26.7 Å². The molecule has 0 amide bonds. The lowest BCUT2D eigenvalue weighted by Crippen LogP contribution is -2.28. The van der Waals surface area contributed by atoms with E-state index in [0.29, 0.717) is 5.92 Å². The van der Waals surface area contributed by atoms with Gasteiger partial charge in [0.15, 0.2) is 0 Å². The van der Waals surface area contributed by atoms with Crippen molar-refractivity contribution in [3.63, 3.8) is 0 Å². The van der Waals surface area contributed by atoms with Crippen LogP contribution in [0.25, 0.3) is 0 Å². The summed E-state index contributed by atoms with van der Waals surface area (Å²) in [5, 5.41) is 3.76. The zero-order chi connectivity index (χ0) is 14.4. The van der Waals surface area contributed by atoms with E-state index < -0.39 is 0 Å². The molecule has 1 nitrogen and oxygen atoms in total. The number of rotatable bonds is 7. The molecule has 2 heteroatoms. The van der Waals surface area contributed by atoms with Crippen LogP contribution in [0.1, 0.15) is 48.9 Å². The van der Waals surface area contributed by atoms with Gasteiger partial charge in [-0.15, -0.1) is 11.6 Å². The number of benzene rings is 1. The van der Waals surface area contributed by atoms with Gasteiger partial charge < -0.3 is 5.32 Å². The van der Waals surface area contributed by atoms with Crippen molar-refractivity contribution in [2.45, 2.75) is 59.4 Å². The van der Waals surface area contributed by atoms with Crippen LogP contribution in [-0.2, 0) is 6.54 Å². The quantitative estimate of drug-likeness (QED) is 0.712. The highest BCUT2D eigenvalue weighted by molar-refractivity contribution is 6.21. The summed E-state index contributed by atoms with van der Waals surface area (Å²) in [5.74, 6) is 0.620. The normalized spacial score (nSPS) is 13.0. The molecule has 0 saturated carbocycles. The highest BCUT2D eigenvalue weighted by Crippen LogP contribution is 2.19. The van der Waals surface area contributed by atoms with E-state index in [4.69, 9.17) is 11.6 Å². The maximum Gasteiger partial charge on any atom is 0.0488 e. The highest BCUT2D eigenvalue weighted by atomic mass is 35.5. The average Bonchev–Trinajstić information content (AvgIpc) is 2.34. The van der Waals surface area contributed by atoms with Crippen LogP contribution in [0.15, 0.2) is 12.1 Å². The smallest absolute Gasteiger partial charge is 0.0488 e. The minimum atomic E-state index is 0.237. The topological polar surface area (TPSA) is 12.0 Å². The van der Waals surface area contributed by atoms with Crippen molar-refractivity contribution in [2.24, 2.45) is 5.92 Å². The summed E-state index contributed by atoms with van der Waals surface area (Å²) in [7, 11) is 0. The Morgan fingerprint density at radius 3 is 2.05 bits per heavy atom. The lowest BCUT2D eigenvalue weighted by atomic mass is 9.98. The lowest BCUT2D eigenvalue weighted by Gasteiger charge is -2.20. The summed E-state index contributed by atoms with van der Waals surface area (Å²) in [6, 6.07) is 4.51. The van der Waals surface area contributed by atoms with Crippen molar-refractivity contribution in [1.29, 1.82) is 0 Å². The first-order valence-corrected chi connectivity index (χ1v) is 7.84. The van der Waals surface area contributed by atoms with Crippen molar-refractivity contribution in [3.8, 4) is 0 Å². The third-order valence-electron chi connectivity index (χ3n) is 4.04. The molecule has 1 rings (SSSR count). The van der Waals surface area contributed by atoms with Gasteiger partial charge in [0, 0.05) is 18.5 Å². The van der Waals surface area contributed by atoms with Crippen LogP contribution in [0.4, 0.5) is 0 Å². The maximum absolute atomic E-state index is 6.46. The summed E-state index contributed by atoms with van der Waals surface area (Å²) in [4.78, 5) is 0. The number of hydrogen-bond acceptors (Lipinski definition) is 1. The van der Waals surface area contributed by atoms with Crippen molar-refractivity contribution in [2.75, 3.05) is 6.54 Å². The van der Waals surface area contributed by atoms with Crippen LogP contribution < -0.4 is 5.32 Å². The molecular formula is C17H28ClN.